The SMILES string of the molecule is C/N=C/CCOP(OC1CC(n2cc(-c3cn(C)nn3)c(=O)[nH]c2=O)OC1COC(c1ccccc1)(c1ccc(OC)cc1)c1ccc(OC)cc1)N(C(C)C)C(C)C. The Balaban J connectivity index is 1.45. The van der Waals surface area contributed by atoms with E-state index in [0.717, 1.165) is 16.7 Å². The van der Waals surface area contributed by atoms with Gasteiger partial charge < -0.3 is 33.0 Å². The van der Waals surface area contributed by atoms with Crippen molar-refractivity contribution in [2.24, 2.45) is 12.0 Å². The van der Waals surface area contributed by atoms with Crippen LogP contribution in [0.4, 0.5) is 0 Å². The molecule has 0 saturated carbocycles. The Labute approximate surface area is 345 Å². The molecule has 1 aliphatic heterocycles. The van der Waals surface area contributed by atoms with Gasteiger partial charge in [0.2, 0.25) is 0 Å². The average Bonchev–Trinajstić information content (AvgIpc) is 3.85. The minimum atomic E-state index is -1.64. The van der Waals surface area contributed by atoms with Crippen molar-refractivity contribution in [1.29, 1.82) is 0 Å². The van der Waals surface area contributed by atoms with Gasteiger partial charge in [-0.2, -0.15) is 0 Å². The number of nitrogens with one attached hydrogen (secondary N) is 1. The molecule has 0 bridgehead atoms. The van der Waals surface area contributed by atoms with Crippen LogP contribution >= 0.6 is 8.53 Å². The number of methoxy groups -OCH3 is 2. The molecule has 1 fully saturated rings. The van der Waals surface area contributed by atoms with Crippen LogP contribution in [0.15, 0.2) is 106 Å². The van der Waals surface area contributed by atoms with Crippen molar-refractivity contribution in [3.05, 3.63) is 129 Å². The Morgan fingerprint density at radius 2 is 1.54 bits per heavy atom. The first-order valence-electron chi connectivity index (χ1n) is 19.6. The number of aromatic nitrogens is 5. The van der Waals surface area contributed by atoms with Crippen LogP contribution in [0.3, 0.4) is 0 Å². The molecular formula is C43H54N7O8P. The zero-order valence-electron chi connectivity index (χ0n) is 34.8. The molecule has 314 valence electrons. The van der Waals surface area contributed by atoms with Crippen LogP contribution in [0.25, 0.3) is 11.3 Å². The number of aryl methyl sites for hydroxylation is 1. The molecule has 0 radical (unpaired) electrons. The van der Waals surface area contributed by atoms with Crippen LogP contribution < -0.4 is 20.7 Å². The maximum Gasteiger partial charge on any atom is 0.330 e. The standard InChI is InChI=1S/C43H54N7O8P/c1-29(2)50(30(3)4)59(56-24-12-23-44-5)58-38-25-40(49-26-36(41(51)45-42(49)52)37-27-48(6)47-46-37)57-39(38)28-55-43(31-13-10-9-11-14-31,32-15-19-34(53-7)20-16-32)33-17-21-35(54-8)22-18-33/h9-11,13-23,26-27,29-30,38-40H,12,24-25,28H2,1-8H3,(H,45,51,52)/b44-23+. The van der Waals surface area contributed by atoms with Crippen molar-refractivity contribution in [2.45, 2.75) is 76.7 Å². The number of nitrogens with zero attached hydrogens (tertiary/aromatic N) is 6. The Morgan fingerprint density at radius 3 is 2.08 bits per heavy atom. The molecule has 1 N–H and O–H groups in total. The van der Waals surface area contributed by atoms with Crippen LogP contribution in [0.1, 0.15) is 63.5 Å². The van der Waals surface area contributed by atoms with E-state index in [1.165, 1.54) is 15.4 Å². The summed E-state index contributed by atoms with van der Waals surface area (Å²) in [6.45, 7) is 8.85. The number of hydrogen-bond acceptors (Lipinski definition) is 12. The molecule has 1 saturated heterocycles. The molecule has 0 aliphatic carbocycles. The van der Waals surface area contributed by atoms with Gasteiger partial charge in [0, 0.05) is 51.4 Å². The molecule has 4 unspecified atom stereocenters. The second-order valence-electron chi connectivity index (χ2n) is 14.7. The topological polar surface area (TPSA) is 157 Å². The van der Waals surface area contributed by atoms with Crippen molar-refractivity contribution in [3.8, 4) is 22.8 Å². The van der Waals surface area contributed by atoms with Crippen LogP contribution in [0.5, 0.6) is 11.5 Å². The lowest BCUT2D eigenvalue weighted by atomic mass is 9.80. The number of ether oxygens (including phenoxy) is 4. The Kier molecular flexibility index (Phi) is 14.6. The van der Waals surface area contributed by atoms with Crippen molar-refractivity contribution in [3.63, 3.8) is 0 Å². The maximum atomic E-state index is 13.6. The number of rotatable bonds is 19. The van der Waals surface area contributed by atoms with Crippen LogP contribution in [-0.4, -0.2) is 94.2 Å². The highest BCUT2D eigenvalue weighted by atomic mass is 31.2. The van der Waals surface area contributed by atoms with Gasteiger partial charge in [0.25, 0.3) is 14.1 Å². The van der Waals surface area contributed by atoms with Gasteiger partial charge in [-0.25, -0.2) is 9.46 Å². The van der Waals surface area contributed by atoms with Gasteiger partial charge in [0.05, 0.1) is 45.3 Å². The summed E-state index contributed by atoms with van der Waals surface area (Å²) in [5, 5.41) is 8.10. The van der Waals surface area contributed by atoms with Gasteiger partial charge in [0.1, 0.15) is 35.1 Å². The molecule has 0 amide bonds. The van der Waals surface area contributed by atoms with E-state index >= 15 is 0 Å². The summed E-state index contributed by atoms with van der Waals surface area (Å²) in [5.41, 5.74) is 0.700. The Morgan fingerprint density at radius 1 is 0.932 bits per heavy atom. The molecule has 4 atom stereocenters. The summed E-state index contributed by atoms with van der Waals surface area (Å²) in [5.74, 6) is 1.40. The van der Waals surface area contributed by atoms with E-state index in [-0.39, 0.29) is 30.7 Å². The lowest BCUT2D eigenvalue weighted by molar-refractivity contribution is -0.0925. The highest BCUT2D eigenvalue weighted by Gasteiger charge is 2.45. The lowest BCUT2D eigenvalue weighted by Crippen LogP contribution is -2.39. The van der Waals surface area contributed by atoms with E-state index in [9.17, 15) is 9.59 Å². The monoisotopic (exact) mass is 827 g/mol. The molecule has 0 spiro atoms. The molecule has 3 heterocycles. The summed E-state index contributed by atoms with van der Waals surface area (Å²) in [4.78, 5) is 33.2. The fraction of sp³-hybridized carbons (Fsp3) is 0.419. The van der Waals surface area contributed by atoms with E-state index in [1.807, 2.05) is 85.1 Å². The summed E-state index contributed by atoms with van der Waals surface area (Å²) >= 11 is 0. The van der Waals surface area contributed by atoms with Crippen molar-refractivity contribution in [2.75, 3.05) is 34.5 Å². The van der Waals surface area contributed by atoms with E-state index in [4.69, 9.17) is 28.0 Å². The Bertz CT molecular complexity index is 2190. The summed E-state index contributed by atoms with van der Waals surface area (Å²) < 4.78 is 43.9. The molecule has 59 heavy (non-hydrogen) atoms. The number of aliphatic imine (C=N–C) groups is 1. The third kappa shape index (κ3) is 9.89. The van der Waals surface area contributed by atoms with Gasteiger partial charge in [-0.15, -0.1) is 5.10 Å². The minimum absolute atomic E-state index is 0.0261. The summed E-state index contributed by atoms with van der Waals surface area (Å²) in [6.07, 6.45) is 3.56. The molecule has 1 aliphatic rings. The third-order valence-electron chi connectivity index (χ3n) is 10.1. The second kappa shape index (κ2) is 19.8. The maximum absolute atomic E-state index is 13.6. The predicted molar refractivity (Wildman–Crippen MR) is 227 cm³/mol. The first-order chi connectivity index (χ1) is 28.5. The van der Waals surface area contributed by atoms with E-state index in [1.54, 1.807) is 34.5 Å². The van der Waals surface area contributed by atoms with E-state index in [2.05, 4.69) is 52.7 Å². The number of hydrogen-bond donors (Lipinski definition) is 1. The van der Waals surface area contributed by atoms with E-state index in [0.29, 0.717) is 30.2 Å². The van der Waals surface area contributed by atoms with Crippen LogP contribution in [-0.2, 0) is 31.2 Å². The third-order valence-corrected chi connectivity index (χ3v) is 12.2. The largest absolute Gasteiger partial charge is 0.497 e. The number of benzene rings is 3. The highest BCUT2D eigenvalue weighted by molar-refractivity contribution is 7.44. The van der Waals surface area contributed by atoms with Gasteiger partial charge >= 0.3 is 5.69 Å². The highest BCUT2D eigenvalue weighted by Crippen LogP contribution is 2.50. The number of aromatic amines is 1. The van der Waals surface area contributed by atoms with Crippen LogP contribution in [0, 0.1) is 0 Å². The average molecular weight is 828 g/mol. The Hall–Kier alpha value is -5.02. The van der Waals surface area contributed by atoms with Gasteiger partial charge in [-0.05, 0) is 68.7 Å². The second-order valence-corrected chi connectivity index (χ2v) is 16.1. The zero-order chi connectivity index (χ0) is 42.1. The first-order valence-corrected chi connectivity index (χ1v) is 20.8. The molecule has 5 aromatic rings. The summed E-state index contributed by atoms with van der Waals surface area (Å²) in [7, 11) is 5.06. The van der Waals surface area contributed by atoms with Gasteiger partial charge in [-0.3, -0.25) is 19.0 Å². The predicted octanol–water partition coefficient (Wildman–Crippen LogP) is 6.48. The molecule has 3 aromatic carbocycles. The molecule has 2 aromatic heterocycles. The molecular weight excluding hydrogens is 773 g/mol. The fourth-order valence-corrected chi connectivity index (χ4v) is 9.09. The van der Waals surface area contributed by atoms with Gasteiger partial charge in [0.15, 0.2) is 0 Å². The fourth-order valence-electron chi connectivity index (χ4n) is 7.32. The zero-order valence-corrected chi connectivity index (χ0v) is 35.7. The quantitative estimate of drug-likeness (QED) is 0.0421. The smallest absolute Gasteiger partial charge is 0.330 e. The van der Waals surface area contributed by atoms with Crippen LogP contribution in [0.2, 0.25) is 0 Å². The van der Waals surface area contributed by atoms with Crippen molar-refractivity contribution >= 4 is 14.7 Å². The van der Waals surface area contributed by atoms with E-state index < -0.39 is 43.8 Å². The van der Waals surface area contributed by atoms with Crippen molar-refractivity contribution in [1.82, 2.24) is 29.2 Å². The lowest BCUT2D eigenvalue weighted by Gasteiger charge is -2.39. The molecule has 6 rings (SSSR count). The number of H-pyrrole nitrogens is 1. The van der Waals surface area contributed by atoms with Gasteiger partial charge in [-0.1, -0.05) is 59.8 Å². The minimum Gasteiger partial charge on any atom is -0.497 e. The first kappa shape index (κ1) is 43.6. The normalized spacial score (nSPS) is 17.7. The molecule has 15 nitrogen and oxygen atoms in total. The summed E-state index contributed by atoms with van der Waals surface area (Å²) in [6, 6.07) is 25.8. The van der Waals surface area contributed by atoms with Crippen molar-refractivity contribution < 1.29 is 28.0 Å². The molecule has 16 heteroatoms.